The monoisotopic (exact) mass is 321 g/mol. The summed E-state index contributed by atoms with van der Waals surface area (Å²) in [6.07, 6.45) is 1.60. The van der Waals surface area contributed by atoms with Gasteiger partial charge in [0.1, 0.15) is 11.4 Å². The maximum atomic E-state index is 12.0. The van der Waals surface area contributed by atoms with Gasteiger partial charge < -0.3 is 19.0 Å². The Balaban J connectivity index is 1.51. The summed E-state index contributed by atoms with van der Waals surface area (Å²) in [4.78, 5) is 20.3. The van der Waals surface area contributed by atoms with Gasteiger partial charge in [0.05, 0.1) is 6.20 Å². The van der Waals surface area contributed by atoms with Gasteiger partial charge in [-0.1, -0.05) is 20.8 Å². The molecule has 2 aliphatic heterocycles. The molecule has 0 radical (unpaired) electrons. The summed E-state index contributed by atoms with van der Waals surface area (Å²) in [5.74, 6) is 0.900. The molecule has 1 spiro atoms. The number of likely N-dealkylation sites (tertiary alicyclic amines) is 1. The molecule has 2 saturated heterocycles. The third kappa shape index (κ3) is 3.16. The van der Waals surface area contributed by atoms with Crippen LogP contribution in [0.2, 0.25) is 0 Å². The Morgan fingerprint density at radius 1 is 1.17 bits per heavy atom. The van der Waals surface area contributed by atoms with Gasteiger partial charge in [0.25, 0.3) is 6.01 Å². The third-order valence-corrected chi connectivity index (χ3v) is 4.26. The van der Waals surface area contributed by atoms with Crippen molar-refractivity contribution in [3.05, 3.63) is 12.0 Å². The van der Waals surface area contributed by atoms with Gasteiger partial charge in [-0.25, -0.2) is 9.78 Å². The van der Waals surface area contributed by atoms with Gasteiger partial charge in [0, 0.05) is 37.0 Å². The van der Waals surface area contributed by atoms with Gasteiger partial charge in [-0.2, -0.15) is 0 Å². The fourth-order valence-corrected chi connectivity index (χ4v) is 3.08. The van der Waals surface area contributed by atoms with Crippen LogP contribution in [-0.4, -0.2) is 47.8 Å². The Labute approximate surface area is 137 Å². The smallest absolute Gasteiger partial charge is 0.410 e. The zero-order valence-corrected chi connectivity index (χ0v) is 15.0. The van der Waals surface area contributed by atoms with Crippen LogP contribution < -0.4 is 4.90 Å². The van der Waals surface area contributed by atoms with Crippen molar-refractivity contribution >= 4 is 12.1 Å². The average molecular weight is 321 g/mol. The Hall–Kier alpha value is -1.72. The molecule has 128 valence electrons. The number of aromatic nitrogens is 1. The number of rotatable bonds is 1. The largest absolute Gasteiger partial charge is 0.444 e. The van der Waals surface area contributed by atoms with Gasteiger partial charge in [0.15, 0.2) is 0 Å². The summed E-state index contributed by atoms with van der Waals surface area (Å²) in [6, 6.07) is 0.691. The number of hydrogen-bond acceptors (Lipinski definition) is 5. The Kier molecular flexibility index (Phi) is 3.43. The second-order valence-electron chi connectivity index (χ2n) is 8.95. The summed E-state index contributed by atoms with van der Waals surface area (Å²) in [5, 5.41) is 0. The van der Waals surface area contributed by atoms with E-state index < -0.39 is 5.60 Å². The zero-order chi connectivity index (χ0) is 17.0. The van der Waals surface area contributed by atoms with Crippen LogP contribution >= 0.6 is 0 Å². The van der Waals surface area contributed by atoms with Crippen molar-refractivity contribution in [3.8, 4) is 0 Å². The maximum Gasteiger partial charge on any atom is 0.410 e. The van der Waals surface area contributed by atoms with Crippen molar-refractivity contribution in [2.24, 2.45) is 5.41 Å². The van der Waals surface area contributed by atoms with Crippen LogP contribution in [0.25, 0.3) is 0 Å². The summed E-state index contributed by atoms with van der Waals surface area (Å²) >= 11 is 0. The molecule has 3 heterocycles. The molecule has 0 aromatic carbocycles. The normalized spacial score (nSPS) is 20.3. The van der Waals surface area contributed by atoms with E-state index in [1.807, 2.05) is 27.0 Å². The van der Waals surface area contributed by atoms with E-state index in [1.165, 1.54) is 0 Å². The number of nitrogens with zero attached hydrogens (tertiary/aromatic N) is 3. The Morgan fingerprint density at radius 2 is 1.78 bits per heavy atom. The summed E-state index contributed by atoms with van der Waals surface area (Å²) in [6.45, 7) is 15.3. The molecule has 0 N–H and O–H groups in total. The average Bonchev–Trinajstić information content (AvgIpc) is 2.71. The maximum absolute atomic E-state index is 12.0. The molecule has 0 atom stereocenters. The number of carbonyl (C=O) groups excluding carboxylic acids is 1. The van der Waals surface area contributed by atoms with E-state index in [1.54, 1.807) is 4.90 Å². The van der Waals surface area contributed by atoms with E-state index >= 15 is 0 Å². The minimum Gasteiger partial charge on any atom is -0.444 e. The van der Waals surface area contributed by atoms with Gasteiger partial charge in [0.2, 0.25) is 0 Å². The van der Waals surface area contributed by atoms with Crippen LogP contribution in [0.5, 0.6) is 0 Å². The van der Waals surface area contributed by atoms with Crippen molar-refractivity contribution in [2.45, 2.75) is 52.6 Å². The van der Waals surface area contributed by atoms with Gasteiger partial charge >= 0.3 is 6.09 Å². The van der Waals surface area contributed by atoms with Crippen LogP contribution in [-0.2, 0) is 10.2 Å². The molecule has 1 amide bonds. The lowest BCUT2D eigenvalue weighted by molar-refractivity contribution is -0.0464. The Morgan fingerprint density at radius 3 is 2.26 bits per heavy atom. The molecule has 2 aliphatic rings. The van der Waals surface area contributed by atoms with Crippen LogP contribution in [0.15, 0.2) is 10.6 Å². The van der Waals surface area contributed by atoms with Crippen LogP contribution in [0.3, 0.4) is 0 Å². The predicted octanol–water partition coefficient (Wildman–Crippen LogP) is 3.03. The van der Waals surface area contributed by atoms with Crippen molar-refractivity contribution in [3.63, 3.8) is 0 Å². The fraction of sp³-hybridized carbons (Fsp3) is 0.765. The molecular weight excluding hydrogens is 294 g/mol. The quantitative estimate of drug-likeness (QED) is 0.796. The first kappa shape index (κ1) is 16.1. The van der Waals surface area contributed by atoms with Crippen molar-refractivity contribution in [1.82, 2.24) is 9.88 Å². The topological polar surface area (TPSA) is 58.8 Å². The summed E-state index contributed by atoms with van der Waals surface area (Å²) < 4.78 is 11.3. The number of oxazole rings is 1. The standard InChI is InChI=1S/C17H27N3O3/c1-15(2,3)12-7-18-13(22-12)19-8-17(9-19)10-20(11-17)14(21)23-16(4,5)6/h7H,8-11H2,1-6H3. The molecular formula is C17H27N3O3. The highest BCUT2D eigenvalue weighted by Crippen LogP contribution is 2.42. The Bertz CT molecular complexity index is 595. The van der Waals surface area contributed by atoms with Crippen molar-refractivity contribution in [2.75, 3.05) is 31.1 Å². The van der Waals surface area contributed by atoms with Crippen molar-refractivity contribution < 1.29 is 13.9 Å². The molecule has 2 fully saturated rings. The first-order valence-electron chi connectivity index (χ1n) is 8.17. The molecule has 6 heteroatoms. The minimum atomic E-state index is -0.438. The first-order valence-corrected chi connectivity index (χ1v) is 8.17. The second kappa shape index (κ2) is 4.89. The van der Waals surface area contributed by atoms with E-state index in [2.05, 4.69) is 30.7 Å². The van der Waals surface area contributed by atoms with Gasteiger partial charge in [-0.15, -0.1) is 0 Å². The lowest BCUT2D eigenvalue weighted by Gasteiger charge is -2.59. The van der Waals surface area contributed by atoms with E-state index in [4.69, 9.17) is 9.15 Å². The van der Waals surface area contributed by atoms with Crippen LogP contribution in [0, 0.1) is 5.41 Å². The lowest BCUT2D eigenvalue weighted by Crippen LogP contribution is -2.73. The number of hydrogen-bond donors (Lipinski definition) is 0. The SMILES string of the molecule is CC(C)(C)OC(=O)N1CC2(C1)CN(c1ncc(C(C)(C)C)o1)C2. The summed E-state index contributed by atoms with van der Waals surface area (Å²) in [7, 11) is 0. The number of amides is 1. The van der Waals surface area contributed by atoms with Gasteiger partial charge in [-0.3, -0.25) is 0 Å². The van der Waals surface area contributed by atoms with E-state index in [0.717, 1.165) is 31.9 Å². The van der Waals surface area contributed by atoms with Crippen LogP contribution in [0.4, 0.5) is 10.8 Å². The molecule has 0 bridgehead atoms. The molecule has 3 rings (SSSR count). The third-order valence-electron chi connectivity index (χ3n) is 4.26. The number of ether oxygens (including phenoxy) is 1. The number of carbonyl (C=O) groups is 1. The molecule has 0 saturated carbocycles. The predicted molar refractivity (Wildman–Crippen MR) is 87.7 cm³/mol. The zero-order valence-electron chi connectivity index (χ0n) is 15.0. The fourth-order valence-electron chi connectivity index (χ4n) is 3.08. The van der Waals surface area contributed by atoms with Gasteiger partial charge in [-0.05, 0) is 20.8 Å². The van der Waals surface area contributed by atoms with E-state index in [9.17, 15) is 4.79 Å². The number of anilines is 1. The van der Waals surface area contributed by atoms with Crippen molar-refractivity contribution in [1.29, 1.82) is 0 Å². The molecule has 6 nitrogen and oxygen atoms in total. The molecule has 23 heavy (non-hydrogen) atoms. The highest BCUT2D eigenvalue weighted by Gasteiger charge is 2.55. The molecule has 0 aliphatic carbocycles. The second-order valence-corrected chi connectivity index (χ2v) is 8.95. The highest BCUT2D eigenvalue weighted by molar-refractivity contribution is 5.70. The van der Waals surface area contributed by atoms with Crippen LogP contribution in [0.1, 0.15) is 47.3 Å². The molecule has 1 aromatic heterocycles. The lowest BCUT2D eigenvalue weighted by atomic mass is 9.73. The van der Waals surface area contributed by atoms with E-state index in [0.29, 0.717) is 6.01 Å². The van der Waals surface area contributed by atoms with E-state index in [-0.39, 0.29) is 16.9 Å². The molecule has 1 aromatic rings. The summed E-state index contributed by atoms with van der Waals surface area (Å²) in [5.41, 5.74) is -0.280. The minimum absolute atomic E-state index is 0.0300. The molecule has 0 unspecified atom stereocenters. The highest BCUT2D eigenvalue weighted by atomic mass is 16.6. The first-order chi connectivity index (χ1) is 10.5.